The van der Waals surface area contributed by atoms with Crippen molar-refractivity contribution in [3.63, 3.8) is 0 Å². The lowest BCUT2D eigenvalue weighted by atomic mass is 10.2. The van der Waals surface area contributed by atoms with Crippen LogP contribution in [-0.4, -0.2) is 16.8 Å². The molecule has 4 nitrogen and oxygen atoms in total. The van der Waals surface area contributed by atoms with E-state index in [1.54, 1.807) is 42.5 Å². The van der Waals surface area contributed by atoms with E-state index >= 15 is 0 Å². The summed E-state index contributed by atoms with van der Waals surface area (Å²) in [5, 5.41) is 2.36. The molecule has 2 aromatic carbocycles. The topological polar surface area (TPSA) is 68.3 Å². The molecule has 114 valence electrons. The molecule has 0 fully saturated rings. The Morgan fingerprint density at radius 1 is 0.636 bits per heavy atom. The van der Waals surface area contributed by atoms with Crippen molar-refractivity contribution in [1.82, 2.24) is 0 Å². The van der Waals surface area contributed by atoms with Gasteiger partial charge in [0, 0.05) is 16.2 Å². The number of hydrogen-bond acceptors (Lipinski definition) is 4. The number of benzene rings is 2. The van der Waals surface area contributed by atoms with Crippen LogP contribution in [0.4, 0.5) is 0 Å². The fourth-order valence-corrected chi connectivity index (χ4v) is 3.96. The molecule has 6 heteroatoms. The van der Waals surface area contributed by atoms with Gasteiger partial charge in [0.15, 0.2) is 9.84 Å². The van der Waals surface area contributed by atoms with E-state index in [1.165, 1.54) is 18.2 Å². The molecule has 0 bridgehead atoms. The van der Waals surface area contributed by atoms with Crippen LogP contribution in [0.15, 0.2) is 81.8 Å². The Balaban J connectivity index is 2.20. The van der Waals surface area contributed by atoms with Crippen LogP contribution in [-0.2, 0) is 19.7 Å². The van der Waals surface area contributed by atoms with Crippen molar-refractivity contribution < 1.29 is 16.8 Å². The maximum absolute atomic E-state index is 12.0. The maximum atomic E-state index is 12.0. The highest BCUT2D eigenvalue weighted by atomic mass is 32.2. The van der Waals surface area contributed by atoms with Crippen LogP contribution in [0.25, 0.3) is 6.08 Å². The van der Waals surface area contributed by atoms with Crippen LogP contribution in [0.3, 0.4) is 0 Å². The summed E-state index contributed by atoms with van der Waals surface area (Å²) in [7, 11) is -7.53. The molecule has 0 unspecified atom stereocenters. The van der Waals surface area contributed by atoms with Gasteiger partial charge in [-0.25, -0.2) is 16.8 Å². The molecule has 0 heterocycles. The summed E-state index contributed by atoms with van der Waals surface area (Å²) < 4.78 is 47.6. The largest absolute Gasteiger partial charge is 0.220 e. The Hall–Kier alpha value is -2.18. The van der Waals surface area contributed by atoms with Gasteiger partial charge in [-0.05, 0) is 23.8 Å². The highest BCUT2D eigenvalue weighted by Crippen LogP contribution is 2.13. The lowest BCUT2D eigenvalue weighted by Gasteiger charge is -1.97. The van der Waals surface area contributed by atoms with E-state index in [9.17, 15) is 16.8 Å². The minimum atomic E-state index is -3.77. The van der Waals surface area contributed by atoms with Crippen LogP contribution in [0, 0.1) is 0 Å². The number of sulfone groups is 2. The SMILES string of the molecule is O=S(=O)(/C=C/c1ccccc1)/C=C/S(=O)(=O)c1ccccc1. The smallest absolute Gasteiger partial charge is 0.200 e. The second-order valence-electron chi connectivity index (χ2n) is 4.43. The zero-order chi connectivity index (χ0) is 16.1. The Morgan fingerprint density at radius 3 is 1.77 bits per heavy atom. The molecule has 2 aromatic rings. The first-order valence-corrected chi connectivity index (χ1v) is 9.51. The molecule has 0 spiro atoms. The third-order valence-corrected chi connectivity index (χ3v) is 5.37. The minimum absolute atomic E-state index is 0.0495. The third kappa shape index (κ3) is 4.68. The van der Waals surface area contributed by atoms with E-state index in [-0.39, 0.29) is 4.90 Å². The summed E-state index contributed by atoms with van der Waals surface area (Å²) in [5.41, 5.74) is 0.713. The van der Waals surface area contributed by atoms with E-state index in [0.29, 0.717) is 16.4 Å². The van der Waals surface area contributed by atoms with Crippen molar-refractivity contribution in [1.29, 1.82) is 0 Å². The molecule has 2 rings (SSSR count). The summed E-state index contributed by atoms with van der Waals surface area (Å²) in [6.45, 7) is 0. The van der Waals surface area contributed by atoms with Gasteiger partial charge in [-0.15, -0.1) is 0 Å². The van der Waals surface area contributed by atoms with Gasteiger partial charge in [-0.1, -0.05) is 48.5 Å². The van der Waals surface area contributed by atoms with Crippen molar-refractivity contribution in [2.45, 2.75) is 4.90 Å². The molecule has 0 saturated heterocycles. The summed E-state index contributed by atoms with van der Waals surface area (Å²) >= 11 is 0. The van der Waals surface area contributed by atoms with Crippen molar-refractivity contribution in [3.8, 4) is 0 Å². The molecule has 0 saturated carbocycles. The summed E-state index contributed by atoms with van der Waals surface area (Å²) in [6, 6.07) is 16.5. The molecule has 0 aromatic heterocycles. The number of hydrogen-bond donors (Lipinski definition) is 0. The average molecular weight is 334 g/mol. The Labute approximate surface area is 130 Å². The molecule has 0 atom stereocenters. The lowest BCUT2D eigenvalue weighted by Crippen LogP contribution is -1.97. The Kier molecular flexibility index (Phi) is 4.95. The van der Waals surface area contributed by atoms with Gasteiger partial charge >= 0.3 is 0 Å². The summed E-state index contributed by atoms with van der Waals surface area (Å²) in [6.07, 6.45) is 1.41. The van der Waals surface area contributed by atoms with Crippen molar-refractivity contribution >= 4 is 25.8 Å². The predicted molar refractivity (Wildman–Crippen MR) is 87.2 cm³/mol. The predicted octanol–water partition coefficient (Wildman–Crippen LogP) is 3.02. The molecule has 0 radical (unpaired) electrons. The average Bonchev–Trinajstić information content (AvgIpc) is 2.53. The number of rotatable bonds is 5. The van der Waals surface area contributed by atoms with E-state index in [1.807, 2.05) is 6.07 Å². The van der Waals surface area contributed by atoms with Crippen LogP contribution in [0.2, 0.25) is 0 Å². The third-order valence-electron chi connectivity index (χ3n) is 2.75. The molecular formula is C16H14O4S2. The minimum Gasteiger partial charge on any atom is -0.220 e. The highest BCUT2D eigenvalue weighted by Gasteiger charge is 2.11. The monoisotopic (exact) mass is 334 g/mol. The van der Waals surface area contributed by atoms with Gasteiger partial charge in [0.05, 0.1) is 4.90 Å². The van der Waals surface area contributed by atoms with Crippen molar-refractivity contribution in [2.75, 3.05) is 0 Å². The van der Waals surface area contributed by atoms with E-state index in [0.717, 1.165) is 5.41 Å². The van der Waals surface area contributed by atoms with Crippen molar-refractivity contribution in [2.24, 2.45) is 0 Å². The second kappa shape index (κ2) is 6.72. The maximum Gasteiger partial charge on any atom is 0.200 e. The standard InChI is InChI=1S/C16H14O4S2/c17-21(18,12-11-15-7-3-1-4-8-15)13-14-22(19,20)16-9-5-2-6-10-16/h1-14H/b12-11+,14-13+. The van der Waals surface area contributed by atoms with E-state index in [2.05, 4.69) is 0 Å². The summed E-state index contributed by atoms with van der Waals surface area (Å²) in [5.74, 6) is 0. The Bertz CT molecular complexity index is 880. The first-order chi connectivity index (χ1) is 10.4. The first-order valence-electron chi connectivity index (χ1n) is 6.35. The Morgan fingerprint density at radius 2 is 1.18 bits per heavy atom. The van der Waals surface area contributed by atoms with E-state index < -0.39 is 19.7 Å². The fraction of sp³-hybridized carbons (Fsp3) is 0. The molecule has 0 aliphatic heterocycles. The zero-order valence-corrected chi connectivity index (χ0v) is 13.2. The normalized spacial score (nSPS) is 12.9. The van der Waals surface area contributed by atoms with Crippen LogP contribution < -0.4 is 0 Å². The quantitative estimate of drug-likeness (QED) is 0.843. The van der Waals surface area contributed by atoms with Gasteiger partial charge in [0.2, 0.25) is 9.84 Å². The second-order valence-corrected chi connectivity index (χ2v) is 7.99. The lowest BCUT2D eigenvalue weighted by molar-refractivity contribution is 0.603. The fourth-order valence-electron chi connectivity index (χ4n) is 1.62. The zero-order valence-electron chi connectivity index (χ0n) is 11.5. The molecular weight excluding hydrogens is 320 g/mol. The van der Waals surface area contributed by atoms with Crippen LogP contribution in [0.1, 0.15) is 5.56 Å². The highest BCUT2D eigenvalue weighted by molar-refractivity contribution is 7.99. The van der Waals surface area contributed by atoms with Crippen LogP contribution >= 0.6 is 0 Å². The molecule has 0 amide bonds. The summed E-state index contributed by atoms with van der Waals surface area (Å²) in [4.78, 5) is 0.0495. The van der Waals surface area contributed by atoms with Crippen molar-refractivity contribution in [3.05, 3.63) is 82.5 Å². The van der Waals surface area contributed by atoms with Gasteiger partial charge in [-0.2, -0.15) is 0 Å². The first kappa shape index (κ1) is 16.2. The van der Waals surface area contributed by atoms with Gasteiger partial charge in [-0.3, -0.25) is 0 Å². The molecule has 0 N–H and O–H groups in total. The molecule has 22 heavy (non-hydrogen) atoms. The molecule has 0 aliphatic rings. The van der Waals surface area contributed by atoms with Gasteiger partial charge in [0.1, 0.15) is 0 Å². The van der Waals surface area contributed by atoms with Gasteiger partial charge in [0.25, 0.3) is 0 Å². The van der Waals surface area contributed by atoms with Crippen LogP contribution in [0.5, 0.6) is 0 Å². The molecule has 0 aliphatic carbocycles. The van der Waals surface area contributed by atoms with E-state index in [4.69, 9.17) is 0 Å². The van der Waals surface area contributed by atoms with Gasteiger partial charge < -0.3 is 0 Å².